The SMILES string of the molecule is CCN1CCN(c2ccc(CNC(=O)c3cc(S(=O)(=O)N(CC)CC)ccc3C)cn2)CC1. The van der Waals surface area contributed by atoms with Crippen LogP contribution in [0.3, 0.4) is 0 Å². The highest BCUT2D eigenvalue weighted by Crippen LogP contribution is 2.20. The summed E-state index contributed by atoms with van der Waals surface area (Å²) in [5.74, 6) is 0.648. The molecule has 8 nitrogen and oxygen atoms in total. The van der Waals surface area contributed by atoms with Gasteiger partial charge in [0.15, 0.2) is 0 Å². The second-order valence-electron chi connectivity index (χ2n) is 8.19. The number of aromatic nitrogens is 1. The van der Waals surface area contributed by atoms with Crippen molar-refractivity contribution in [2.45, 2.75) is 39.1 Å². The largest absolute Gasteiger partial charge is 0.354 e. The van der Waals surface area contributed by atoms with Crippen molar-refractivity contribution in [1.29, 1.82) is 0 Å². The molecule has 3 rings (SSSR count). The molecule has 33 heavy (non-hydrogen) atoms. The van der Waals surface area contributed by atoms with E-state index in [9.17, 15) is 13.2 Å². The van der Waals surface area contributed by atoms with E-state index in [-0.39, 0.29) is 10.8 Å². The fourth-order valence-electron chi connectivity index (χ4n) is 4.00. The normalized spacial score (nSPS) is 15.1. The number of anilines is 1. The molecular formula is C24H35N5O3S. The molecule has 1 amide bonds. The van der Waals surface area contributed by atoms with E-state index in [0.717, 1.165) is 49.7 Å². The van der Waals surface area contributed by atoms with Crippen molar-refractivity contribution in [2.24, 2.45) is 0 Å². The van der Waals surface area contributed by atoms with Crippen LogP contribution in [-0.4, -0.2) is 74.3 Å². The maximum Gasteiger partial charge on any atom is 0.251 e. The van der Waals surface area contributed by atoms with Gasteiger partial charge in [0.05, 0.1) is 4.90 Å². The molecule has 0 unspecified atom stereocenters. The second kappa shape index (κ2) is 11.1. The molecule has 1 aliphatic heterocycles. The summed E-state index contributed by atoms with van der Waals surface area (Å²) >= 11 is 0. The van der Waals surface area contributed by atoms with Gasteiger partial charge in [0, 0.05) is 57.6 Å². The molecule has 2 aromatic rings. The third-order valence-electron chi connectivity index (χ3n) is 6.20. The molecule has 180 valence electrons. The molecule has 0 atom stereocenters. The highest BCUT2D eigenvalue weighted by molar-refractivity contribution is 7.89. The van der Waals surface area contributed by atoms with E-state index in [4.69, 9.17) is 0 Å². The maximum absolute atomic E-state index is 12.8. The van der Waals surface area contributed by atoms with Gasteiger partial charge in [-0.05, 0) is 42.8 Å². The Bertz CT molecular complexity index is 1040. The summed E-state index contributed by atoms with van der Waals surface area (Å²) in [4.78, 5) is 22.3. The lowest BCUT2D eigenvalue weighted by atomic mass is 10.1. The first kappa shape index (κ1) is 25.1. The molecule has 1 aromatic carbocycles. The molecule has 1 fully saturated rings. The Hall–Kier alpha value is -2.49. The van der Waals surface area contributed by atoms with Gasteiger partial charge in [-0.25, -0.2) is 13.4 Å². The Morgan fingerprint density at radius 1 is 1.06 bits per heavy atom. The average Bonchev–Trinajstić information content (AvgIpc) is 2.83. The van der Waals surface area contributed by atoms with E-state index in [1.165, 1.54) is 10.4 Å². The van der Waals surface area contributed by atoms with Crippen LogP contribution in [-0.2, 0) is 16.6 Å². The van der Waals surface area contributed by atoms with E-state index < -0.39 is 10.0 Å². The van der Waals surface area contributed by atoms with Crippen molar-refractivity contribution in [2.75, 3.05) is 50.7 Å². The fourth-order valence-corrected chi connectivity index (χ4v) is 5.48. The van der Waals surface area contributed by atoms with Crippen molar-refractivity contribution in [3.05, 3.63) is 53.2 Å². The third-order valence-corrected chi connectivity index (χ3v) is 8.25. The molecule has 1 aromatic heterocycles. The highest BCUT2D eigenvalue weighted by Gasteiger charge is 2.23. The number of likely N-dealkylation sites (N-methyl/N-ethyl adjacent to an activating group) is 1. The first-order valence-corrected chi connectivity index (χ1v) is 13.0. The molecule has 0 aliphatic carbocycles. The van der Waals surface area contributed by atoms with Gasteiger partial charge in [-0.2, -0.15) is 4.31 Å². The van der Waals surface area contributed by atoms with Gasteiger partial charge >= 0.3 is 0 Å². The van der Waals surface area contributed by atoms with Crippen LogP contribution in [0.5, 0.6) is 0 Å². The number of pyridine rings is 1. The van der Waals surface area contributed by atoms with Gasteiger partial charge in [0.2, 0.25) is 10.0 Å². The van der Waals surface area contributed by atoms with Crippen LogP contribution in [0.4, 0.5) is 5.82 Å². The molecule has 1 saturated heterocycles. The minimum Gasteiger partial charge on any atom is -0.354 e. The number of nitrogens with one attached hydrogen (secondary N) is 1. The topological polar surface area (TPSA) is 85.8 Å². The first-order chi connectivity index (χ1) is 15.8. The number of sulfonamides is 1. The number of nitrogens with zero attached hydrogens (tertiary/aromatic N) is 4. The summed E-state index contributed by atoms with van der Waals surface area (Å²) in [7, 11) is -3.63. The monoisotopic (exact) mass is 473 g/mol. The lowest BCUT2D eigenvalue weighted by Gasteiger charge is -2.34. The van der Waals surface area contributed by atoms with Crippen molar-refractivity contribution in [3.63, 3.8) is 0 Å². The zero-order chi connectivity index (χ0) is 24.0. The number of piperazine rings is 1. The summed E-state index contributed by atoms with van der Waals surface area (Å²) < 4.78 is 27.1. The van der Waals surface area contributed by atoms with Gasteiger partial charge in [0.25, 0.3) is 5.91 Å². The van der Waals surface area contributed by atoms with Crippen molar-refractivity contribution in [1.82, 2.24) is 19.5 Å². The Morgan fingerprint density at radius 3 is 2.33 bits per heavy atom. The number of carbonyl (C=O) groups is 1. The fraction of sp³-hybridized carbons (Fsp3) is 0.500. The quantitative estimate of drug-likeness (QED) is 0.602. The van der Waals surface area contributed by atoms with Crippen LogP contribution in [0, 0.1) is 6.92 Å². The zero-order valence-electron chi connectivity index (χ0n) is 20.0. The maximum atomic E-state index is 12.8. The third kappa shape index (κ3) is 5.90. The lowest BCUT2D eigenvalue weighted by Crippen LogP contribution is -2.46. The molecule has 0 bridgehead atoms. The van der Waals surface area contributed by atoms with Crippen LogP contribution in [0.15, 0.2) is 41.4 Å². The standard InChI is InChI=1S/C24H35N5O3S/c1-5-27-12-14-28(15-13-27)23-11-9-20(17-25-23)18-26-24(30)22-16-21(10-8-19(22)4)33(31,32)29(6-2)7-3/h8-11,16-17H,5-7,12-15,18H2,1-4H3,(H,26,30). The van der Waals surface area contributed by atoms with Crippen molar-refractivity contribution < 1.29 is 13.2 Å². The van der Waals surface area contributed by atoms with E-state index in [1.807, 2.05) is 12.1 Å². The molecule has 0 radical (unpaired) electrons. The van der Waals surface area contributed by atoms with Gasteiger partial charge in [0.1, 0.15) is 5.82 Å². The van der Waals surface area contributed by atoms with Crippen molar-refractivity contribution >= 4 is 21.7 Å². The minimum atomic E-state index is -3.63. The molecule has 0 saturated carbocycles. The number of hydrogen-bond acceptors (Lipinski definition) is 6. The predicted octanol–water partition coefficient (Wildman–Crippen LogP) is 2.49. The predicted molar refractivity (Wildman–Crippen MR) is 131 cm³/mol. The number of aryl methyl sites for hydroxylation is 1. The smallest absolute Gasteiger partial charge is 0.251 e. The van der Waals surface area contributed by atoms with Crippen LogP contribution >= 0.6 is 0 Å². The van der Waals surface area contributed by atoms with Gasteiger partial charge in [-0.1, -0.05) is 32.9 Å². The Morgan fingerprint density at radius 2 is 1.76 bits per heavy atom. The number of benzene rings is 1. The Kier molecular flexibility index (Phi) is 8.45. The van der Waals surface area contributed by atoms with Crippen molar-refractivity contribution in [3.8, 4) is 0 Å². The number of rotatable bonds is 9. The minimum absolute atomic E-state index is 0.135. The summed E-state index contributed by atoms with van der Waals surface area (Å²) in [6, 6.07) is 8.67. The molecule has 0 spiro atoms. The summed E-state index contributed by atoms with van der Waals surface area (Å²) in [6.07, 6.45) is 1.79. The van der Waals surface area contributed by atoms with Gasteiger partial charge < -0.3 is 15.1 Å². The number of amides is 1. The number of hydrogen-bond donors (Lipinski definition) is 1. The van der Waals surface area contributed by atoms with Gasteiger partial charge in [-0.3, -0.25) is 4.79 Å². The molecule has 2 heterocycles. The van der Waals surface area contributed by atoms with E-state index in [1.54, 1.807) is 39.1 Å². The molecule has 1 aliphatic rings. The second-order valence-corrected chi connectivity index (χ2v) is 10.1. The van der Waals surface area contributed by atoms with E-state index in [2.05, 4.69) is 27.0 Å². The summed E-state index contributed by atoms with van der Waals surface area (Å²) in [6.45, 7) is 13.7. The van der Waals surface area contributed by atoms with Crippen LogP contribution in [0.1, 0.15) is 42.3 Å². The number of carbonyl (C=O) groups excluding carboxylic acids is 1. The molecule has 1 N–H and O–H groups in total. The summed E-state index contributed by atoms with van der Waals surface area (Å²) in [5, 5.41) is 2.90. The average molecular weight is 474 g/mol. The van der Waals surface area contributed by atoms with E-state index in [0.29, 0.717) is 25.2 Å². The van der Waals surface area contributed by atoms with E-state index >= 15 is 0 Å². The lowest BCUT2D eigenvalue weighted by molar-refractivity contribution is 0.0950. The summed E-state index contributed by atoms with van der Waals surface area (Å²) in [5.41, 5.74) is 1.98. The van der Waals surface area contributed by atoms with Crippen LogP contribution in [0.25, 0.3) is 0 Å². The highest BCUT2D eigenvalue weighted by atomic mass is 32.2. The van der Waals surface area contributed by atoms with Gasteiger partial charge in [-0.15, -0.1) is 0 Å². The Balaban J connectivity index is 1.65. The Labute approximate surface area is 197 Å². The van der Waals surface area contributed by atoms with Crippen LogP contribution in [0.2, 0.25) is 0 Å². The zero-order valence-corrected chi connectivity index (χ0v) is 20.9. The molecule has 9 heteroatoms. The van der Waals surface area contributed by atoms with Crippen LogP contribution < -0.4 is 10.2 Å². The molecular weight excluding hydrogens is 438 g/mol. The first-order valence-electron chi connectivity index (χ1n) is 11.6.